The number of carbonyl (C=O) groups excluding carboxylic acids is 1. The number of aldehydes is 1. The van der Waals surface area contributed by atoms with E-state index in [0.717, 1.165) is 0 Å². The summed E-state index contributed by atoms with van der Waals surface area (Å²) in [6.45, 7) is 0.805. The van der Waals surface area contributed by atoms with E-state index >= 15 is 0 Å². The van der Waals surface area contributed by atoms with Crippen molar-refractivity contribution < 1.29 is 9.53 Å². The monoisotopic (exact) mass is 125 g/mol. The smallest absolute Gasteiger partial charge is 0.142 e. The van der Waals surface area contributed by atoms with Crippen LogP contribution in [0, 0.1) is 16.7 Å². The van der Waals surface area contributed by atoms with E-state index in [0.29, 0.717) is 19.3 Å². The van der Waals surface area contributed by atoms with E-state index in [2.05, 4.69) is 0 Å². The summed E-state index contributed by atoms with van der Waals surface area (Å²) in [6.07, 6.45) is 1.23. The van der Waals surface area contributed by atoms with Gasteiger partial charge in [0.25, 0.3) is 0 Å². The minimum absolute atomic E-state index is 0.271. The fraction of sp³-hybridized carbons (Fsp3) is 0.667. The predicted molar refractivity (Wildman–Crippen MR) is 29.5 cm³/mol. The molecule has 0 saturated carbocycles. The quantitative estimate of drug-likeness (QED) is 0.467. The van der Waals surface area contributed by atoms with E-state index in [-0.39, 0.29) is 6.61 Å². The maximum atomic E-state index is 10.3. The number of carbonyl (C=O) groups is 1. The zero-order valence-corrected chi connectivity index (χ0v) is 4.96. The third kappa shape index (κ3) is 0.936. The van der Waals surface area contributed by atoms with E-state index in [1.54, 1.807) is 0 Å². The van der Waals surface area contributed by atoms with Gasteiger partial charge in [-0.25, -0.2) is 0 Å². The number of ether oxygens (including phenoxy) is 1. The van der Waals surface area contributed by atoms with Crippen LogP contribution in [0.2, 0.25) is 0 Å². The molecule has 9 heavy (non-hydrogen) atoms. The van der Waals surface area contributed by atoms with Gasteiger partial charge in [-0.05, 0) is 6.42 Å². The first-order valence-electron chi connectivity index (χ1n) is 2.78. The molecule has 48 valence electrons. The molecule has 1 aliphatic heterocycles. The molecule has 0 amide bonds. The molecule has 1 rings (SSSR count). The Bertz CT molecular complexity index is 153. The van der Waals surface area contributed by atoms with Crippen LogP contribution in [0.3, 0.4) is 0 Å². The molecule has 0 aromatic carbocycles. The van der Waals surface area contributed by atoms with Crippen molar-refractivity contribution in [1.82, 2.24) is 0 Å². The molecular formula is C6H7NO2. The first kappa shape index (κ1) is 6.24. The van der Waals surface area contributed by atoms with Gasteiger partial charge in [0.05, 0.1) is 12.7 Å². The first-order chi connectivity index (χ1) is 4.33. The Morgan fingerprint density at radius 2 is 2.56 bits per heavy atom. The molecule has 0 aromatic heterocycles. The highest BCUT2D eigenvalue weighted by Crippen LogP contribution is 2.24. The molecule has 1 heterocycles. The Kier molecular flexibility index (Phi) is 1.50. The Balaban J connectivity index is 2.70. The van der Waals surface area contributed by atoms with Crippen molar-refractivity contribution in [3.63, 3.8) is 0 Å². The summed E-state index contributed by atoms with van der Waals surface area (Å²) in [4.78, 5) is 10.3. The lowest BCUT2D eigenvalue weighted by atomic mass is 9.92. The number of hydrogen-bond acceptors (Lipinski definition) is 3. The lowest BCUT2D eigenvalue weighted by Gasteiger charge is -2.05. The van der Waals surface area contributed by atoms with Crippen LogP contribution in [0.15, 0.2) is 0 Å². The van der Waals surface area contributed by atoms with Gasteiger partial charge in [-0.3, -0.25) is 0 Å². The molecule has 1 aliphatic rings. The first-order valence-corrected chi connectivity index (χ1v) is 2.78. The van der Waals surface area contributed by atoms with E-state index < -0.39 is 5.41 Å². The van der Waals surface area contributed by atoms with Crippen LogP contribution in [-0.2, 0) is 9.53 Å². The van der Waals surface area contributed by atoms with Gasteiger partial charge in [0, 0.05) is 6.61 Å². The fourth-order valence-electron chi connectivity index (χ4n) is 0.788. The zero-order chi connectivity index (χ0) is 6.74. The largest absolute Gasteiger partial charge is 0.379 e. The molecule has 0 bridgehead atoms. The number of rotatable bonds is 1. The van der Waals surface area contributed by atoms with Gasteiger partial charge in [-0.15, -0.1) is 0 Å². The summed E-state index contributed by atoms with van der Waals surface area (Å²) in [6, 6.07) is 1.93. The van der Waals surface area contributed by atoms with Crippen LogP contribution >= 0.6 is 0 Å². The minimum Gasteiger partial charge on any atom is -0.379 e. The third-order valence-corrected chi connectivity index (χ3v) is 1.50. The molecule has 0 aliphatic carbocycles. The van der Waals surface area contributed by atoms with E-state index in [4.69, 9.17) is 10.00 Å². The number of nitriles is 1. The second kappa shape index (κ2) is 2.16. The van der Waals surface area contributed by atoms with Gasteiger partial charge in [0.2, 0.25) is 0 Å². The van der Waals surface area contributed by atoms with Gasteiger partial charge in [-0.2, -0.15) is 5.26 Å². The van der Waals surface area contributed by atoms with E-state index in [1.165, 1.54) is 0 Å². The normalized spacial score (nSPS) is 33.7. The minimum atomic E-state index is -0.819. The molecule has 3 nitrogen and oxygen atoms in total. The third-order valence-electron chi connectivity index (χ3n) is 1.50. The lowest BCUT2D eigenvalue weighted by molar-refractivity contribution is -0.113. The van der Waals surface area contributed by atoms with Crippen molar-refractivity contribution in [1.29, 1.82) is 5.26 Å². The van der Waals surface area contributed by atoms with Gasteiger partial charge in [0.1, 0.15) is 11.7 Å². The molecule has 1 fully saturated rings. The van der Waals surface area contributed by atoms with Crippen LogP contribution < -0.4 is 0 Å². The van der Waals surface area contributed by atoms with Crippen LogP contribution in [0.4, 0.5) is 0 Å². The topological polar surface area (TPSA) is 50.1 Å². The maximum Gasteiger partial charge on any atom is 0.142 e. The van der Waals surface area contributed by atoms with Crippen molar-refractivity contribution in [2.75, 3.05) is 13.2 Å². The van der Waals surface area contributed by atoms with Gasteiger partial charge in [-0.1, -0.05) is 0 Å². The summed E-state index contributed by atoms with van der Waals surface area (Å²) in [5.74, 6) is 0. The highest BCUT2D eigenvalue weighted by molar-refractivity contribution is 5.64. The molecular weight excluding hydrogens is 118 g/mol. The van der Waals surface area contributed by atoms with E-state index in [9.17, 15) is 4.79 Å². The van der Waals surface area contributed by atoms with Crippen molar-refractivity contribution in [2.24, 2.45) is 5.41 Å². The zero-order valence-electron chi connectivity index (χ0n) is 4.96. The fourth-order valence-corrected chi connectivity index (χ4v) is 0.788. The van der Waals surface area contributed by atoms with Gasteiger partial charge < -0.3 is 9.53 Å². The second-order valence-corrected chi connectivity index (χ2v) is 2.19. The average Bonchev–Trinajstić information content (AvgIpc) is 2.36. The van der Waals surface area contributed by atoms with Crippen molar-refractivity contribution in [2.45, 2.75) is 6.42 Å². The molecule has 1 saturated heterocycles. The Labute approximate surface area is 53.2 Å². The van der Waals surface area contributed by atoms with Crippen LogP contribution in [0.5, 0.6) is 0 Å². The predicted octanol–water partition coefficient (Wildman–Crippen LogP) is 0.116. The van der Waals surface area contributed by atoms with E-state index in [1.807, 2.05) is 6.07 Å². The standard InChI is InChI=1S/C6H7NO2/c7-3-6(4-8)1-2-9-5-6/h4H,1-2,5H2. The lowest BCUT2D eigenvalue weighted by Crippen LogP contribution is -2.19. The molecule has 0 N–H and O–H groups in total. The van der Waals surface area contributed by atoms with Gasteiger partial charge >= 0.3 is 0 Å². The molecule has 1 unspecified atom stereocenters. The molecule has 0 spiro atoms. The summed E-state index contributed by atoms with van der Waals surface area (Å²) < 4.78 is 4.89. The highest BCUT2D eigenvalue weighted by atomic mass is 16.5. The van der Waals surface area contributed by atoms with Gasteiger partial charge in [0.15, 0.2) is 0 Å². The summed E-state index contributed by atoms with van der Waals surface area (Å²) >= 11 is 0. The highest BCUT2D eigenvalue weighted by Gasteiger charge is 2.34. The van der Waals surface area contributed by atoms with Crippen molar-refractivity contribution >= 4 is 6.29 Å². The summed E-state index contributed by atoms with van der Waals surface area (Å²) in [5, 5.41) is 8.46. The maximum absolute atomic E-state index is 10.3. The second-order valence-electron chi connectivity index (χ2n) is 2.19. The van der Waals surface area contributed by atoms with Crippen molar-refractivity contribution in [3.8, 4) is 6.07 Å². The summed E-state index contributed by atoms with van der Waals surface area (Å²) in [7, 11) is 0. The Morgan fingerprint density at radius 1 is 1.78 bits per heavy atom. The van der Waals surface area contributed by atoms with Crippen molar-refractivity contribution in [3.05, 3.63) is 0 Å². The van der Waals surface area contributed by atoms with Crippen LogP contribution in [-0.4, -0.2) is 19.5 Å². The molecule has 0 radical (unpaired) electrons. The molecule has 3 heteroatoms. The number of nitrogens with zero attached hydrogens (tertiary/aromatic N) is 1. The van der Waals surface area contributed by atoms with Crippen LogP contribution in [0.25, 0.3) is 0 Å². The average molecular weight is 125 g/mol. The van der Waals surface area contributed by atoms with Crippen LogP contribution in [0.1, 0.15) is 6.42 Å². The molecule has 1 atom stereocenters. The molecule has 0 aromatic rings. The number of hydrogen-bond donors (Lipinski definition) is 0. The Hall–Kier alpha value is -0.880. The summed E-state index contributed by atoms with van der Waals surface area (Å²) in [5.41, 5.74) is -0.819. The Morgan fingerprint density at radius 3 is 2.78 bits per heavy atom. The SMILES string of the molecule is N#CC1(C=O)CCOC1.